The fraction of sp³-hybridized carbons (Fsp3) is 0.357. The molecule has 0 spiro atoms. The number of aromatic nitrogens is 1. The van der Waals surface area contributed by atoms with E-state index in [1.807, 2.05) is 0 Å². The zero-order chi connectivity index (χ0) is 12.5. The molecule has 3 rings (SSSR count). The van der Waals surface area contributed by atoms with E-state index in [0.717, 1.165) is 23.7 Å². The Morgan fingerprint density at radius 2 is 2.28 bits per heavy atom. The van der Waals surface area contributed by atoms with E-state index in [2.05, 4.69) is 46.5 Å². The third-order valence-corrected chi connectivity index (χ3v) is 4.37. The Hall–Kier alpha value is -1.39. The van der Waals surface area contributed by atoms with Crippen molar-refractivity contribution in [2.45, 2.75) is 32.5 Å². The van der Waals surface area contributed by atoms with Gasteiger partial charge in [0.05, 0.1) is 12.2 Å². The second kappa shape index (κ2) is 4.71. The van der Waals surface area contributed by atoms with Crippen molar-refractivity contribution in [1.29, 1.82) is 0 Å². The molecule has 0 saturated carbocycles. The van der Waals surface area contributed by atoms with Crippen molar-refractivity contribution in [2.75, 3.05) is 4.90 Å². The van der Waals surface area contributed by atoms with Gasteiger partial charge >= 0.3 is 0 Å². The van der Waals surface area contributed by atoms with Gasteiger partial charge in [0.2, 0.25) is 0 Å². The Morgan fingerprint density at radius 3 is 3.06 bits per heavy atom. The Morgan fingerprint density at radius 1 is 1.44 bits per heavy atom. The first kappa shape index (κ1) is 11.7. The summed E-state index contributed by atoms with van der Waals surface area (Å²) in [5.74, 6) is 0. The highest BCUT2D eigenvalue weighted by Crippen LogP contribution is 2.33. The third kappa shape index (κ3) is 2.02. The van der Waals surface area contributed by atoms with Crippen molar-refractivity contribution in [1.82, 2.24) is 4.98 Å². The molecule has 0 aliphatic carbocycles. The van der Waals surface area contributed by atoms with E-state index in [4.69, 9.17) is 5.73 Å². The van der Waals surface area contributed by atoms with Gasteiger partial charge in [0.15, 0.2) is 0 Å². The predicted octanol–water partition coefficient (Wildman–Crippen LogP) is 2.55. The number of hydrogen-bond acceptors (Lipinski definition) is 4. The van der Waals surface area contributed by atoms with Crippen molar-refractivity contribution in [2.24, 2.45) is 5.73 Å². The lowest BCUT2D eigenvalue weighted by Gasteiger charge is -2.23. The van der Waals surface area contributed by atoms with Crippen LogP contribution in [0.2, 0.25) is 0 Å². The number of hydrogen-bond donors (Lipinski definition) is 1. The van der Waals surface area contributed by atoms with Crippen LogP contribution >= 0.6 is 11.3 Å². The van der Waals surface area contributed by atoms with Crippen molar-refractivity contribution in [3.05, 3.63) is 45.9 Å². The zero-order valence-electron chi connectivity index (χ0n) is 10.5. The maximum absolute atomic E-state index is 5.61. The topological polar surface area (TPSA) is 42.1 Å². The molecule has 2 N–H and O–H groups in total. The standard InChI is InChI=1S/C14H17N3S/c1-10-6-11-4-2-3-5-13(11)17(10)8-12-9-18-14(7-15)16-12/h2-5,9-10H,6-8,15H2,1H3. The van der Waals surface area contributed by atoms with Crippen molar-refractivity contribution in [3.8, 4) is 0 Å². The summed E-state index contributed by atoms with van der Waals surface area (Å²) in [7, 11) is 0. The molecule has 1 aliphatic rings. The van der Waals surface area contributed by atoms with Crippen LogP contribution in [0.25, 0.3) is 0 Å². The average molecular weight is 259 g/mol. The molecule has 1 atom stereocenters. The van der Waals surface area contributed by atoms with Crippen LogP contribution in [0.15, 0.2) is 29.6 Å². The molecule has 18 heavy (non-hydrogen) atoms. The third-order valence-electron chi connectivity index (χ3n) is 3.45. The van der Waals surface area contributed by atoms with Crippen LogP contribution in [0, 0.1) is 0 Å². The van der Waals surface area contributed by atoms with Gasteiger partial charge in [-0.05, 0) is 25.0 Å². The molecule has 0 radical (unpaired) electrons. The molecule has 3 nitrogen and oxygen atoms in total. The van der Waals surface area contributed by atoms with E-state index in [-0.39, 0.29) is 0 Å². The Bertz CT molecular complexity index is 549. The molecule has 1 aromatic carbocycles. The quantitative estimate of drug-likeness (QED) is 0.921. The van der Waals surface area contributed by atoms with Gasteiger partial charge in [-0.1, -0.05) is 18.2 Å². The summed E-state index contributed by atoms with van der Waals surface area (Å²) >= 11 is 1.65. The van der Waals surface area contributed by atoms with Gasteiger partial charge in [-0.15, -0.1) is 11.3 Å². The number of nitrogens with zero attached hydrogens (tertiary/aromatic N) is 2. The minimum atomic E-state index is 0.538. The molecular weight excluding hydrogens is 242 g/mol. The molecule has 0 bridgehead atoms. The first-order valence-electron chi connectivity index (χ1n) is 6.26. The number of fused-ring (bicyclic) bond motifs is 1. The highest BCUT2D eigenvalue weighted by Gasteiger charge is 2.25. The molecule has 0 saturated heterocycles. The fourth-order valence-electron chi connectivity index (χ4n) is 2.56. The highest BCUT2D eigenvalue weighted by molar-refractivity contribution is 7.09. The minimum absolute atomic E-state index is 0.538. The molecule has 1 aromatic heterocycles. The van der Waals surface area contributed by atoms with Gasteiger partial charge < -0.3 is 10.6 Å². The van der Waals surface area contributed by atoms with Gasteiger partial charge in [0.1, 0.15) is 5.01 Å². The second-order valence-electron chi connectivity index (χ2n) is 4.75. The lowest BCUT2D eigenvalue weighted by molar-refractivity contribution is 0.665. The van der Waals surface area contributed by atoms with Gasteiger partial charge in [-0.3, -0.25) is 0 Å². The van der Waals surface area contributed by atoms with E-state index in [9.17, 15) is 0 Å². The van der Waals surface area contributed by atoms with E-state index >= 15 is 0 Å². The molecule has 94 valence electrons. The number of benzene rings is 1. The van der Waals surface area contributed by atoms with Crippen LogP contribution in [-0.2, 0) is 19.5 Å². The normalized spacial score (nSPS) is 18.1. The first-order chi connectivity index (χ1) is 8.78. The van der Waals surface area contributed by atoms with Crippen LogP contribution in [-0.4, -0.2) is 11.0 Å². The smallest absolute Gasteiger partial charge is 0.107 e. The number of rotatable bonds is 3. The van der Waals surface area contributed by atoms with Crippen LogP contribution in [0.4, 0.5) is 5.69 Å². The predicted molar refractivity (Wildman–Crippen MR) is 75.8 cm³/mol. The summed E-state index contributed by atoms with van der Waals surface area (Å²) in [6, 6.07) is 9.19. The number of anilines is 1. The van der Waals surface area contributed by atoms with Gasteiger partial charge in [-0.2, -0.15) is 0 Å². The van der Waals surface area contributed by atoms with Crippen LogP contribution in [0.5, 0.6) is 0 Å². The molecular formula is C14H17N3S. The number of para-hydroxylation sites is 1. The summed E-state index contributed by atoms with van der Waals surface area (Å²) in [5.41, 5.74) is 9.54. The van der Waals surface area contributed by atoms with Crippen molar-refractivity contribution < 1.29 is 0 Å². The highest BCUT2D eigenvalue weighted by atomic mass is 32.1. The van der Waals surface area contributed by atoms with Gasteiger partial charge in [0, 0.05) is 23.7 Å². The maximum atomic E-state index is 5.61. The lowest BCUT2D eigenvalue weighted by Crippen LogP contribution is -2.28. The van der Waals surface area contributed by atoms with E-state index in [0.29, 0.717) is 12.6 Å². The average Bonchev–Trinajstić information content (AvgIpc) is 2.96. The number of thiazole rings is 1. The second-order valence-corrected chi connectivity index (χ2v) is 5.69. The summed E-state index contributed by atoms with van der Waals surface area (Å²) in [5, 5.41) is 3.14. The van der Waals surface area contributed by atoms with Crippen molar-refractivity contribution in [3.63, 3.8) is 0 Å². The minimum Gasteiger partial charge on any atom is -0.362 e. The van der Waals surface area contributed by atoms with Gasteiger partial charge in [0.25, 0.3) is 0 Å². The molecule has 2 aromatic rings. The summed E-state index contributed by atoms with van der Waals surface area (Å²) in [6.07, 6.45) is 1.13. The molecule has 0 amide bonds. The molecule has 0 fully saturated rings. The summed E-state index contributed by atoms with van der Waals surface area (Å²) in [6.45, 7) is 3.70. The Kier molecular flexibility index (Phi) is 3.06. The monoisotopic (exact) mass is 259 g/mol. The first-order valence-corrected chi connectivity index (χ1v) is 7.14. The lowest BCUT2D eigenvalue weighted by atomic mass is 10.1. The summed E-state index contributed by atoms with van der Waals surface area (Å²) in [4.78, 5) is 6.99. The van der Waals surface area contributed by atoms with E-state index in [1.54, 1.807) is 11.3 Å². The van der Waals surface area contributed by atoms with Crippen LogP contribution in [0.1, 0.15) is 23.2 Å². The Labute approximate surface area is 111 Å². The van der Waals surface area contributed by atoms with Crippen molar-refractivity contribution >= 4 is 17.0 Å². The zero-order valence-corrected chi connectivity index (χ0v) is 11.3. The molecule has 1 aliphatic heterocycles. The molecule has 4 heteroatoms. The van der Waals surface area contributed by atoms with E-state index in [1.165, 1.54) is 11.3 Å². The fourth-order valence-corrected chi connectivity index (χ4v) is 3.23. The van der Waals surface area contributed by atoms with E-state index < -0.39 is 0 Å². The van der Waals surface area contributed by atoms with Crippen LogP contribution in [0.3, 0.4) is 0 Å². The molecule has 2 heterocycles. The maximum Gasteiger partial charge on any atom is 0.107 e. The SMILES string of the molecule is CC1Cc2ccccc2N1Cc1csc(CN)n1. The molecule has 1 unspecified atom stereocenters. The van der Waals surface area contributed by atoms with Crippen LogP contribution < -0.4 is 10.6 Å². The largest absolute Gasteiger partial charge is 0.362 e. The van der Waals surface area contributed by atoms with Gasteiger partial charge in [-0.25, -0.2) is 4.98 Å². The number of nitrogens with two attached hydrogens (primary N) is 1. The Balaban J connectivity index is 1.84. The summed E-state index contributed by atoms with van der Waals surface area (Å²) < 4.78 is 0.